The number of hydrogen-bond donors (Lipinski definition) is 2. The van der Waals surface area contributed by atoms with E-state index >= 15 is 0 Å². The SMILES string of the molecule is CCCNS(=O)(=O)c1ccc(NC(=O)c2cc(F)ccc2OC)cc1. The zero-order valence-electron chi connectivity index (χ0n) is 13.9. The second-order valence-corrected chi connectivity index (χ2v) is 6.99. The quantitative estimate of drug-likeness (QED) is 0.789. The summed E-state index contributed by atoms with van der Waals surface area (Å²) in [5, 5.41) is 2.58. The largest absolute Gasteiger partial charge is 0.496 e. The first-order valence-electron chi connectivity index (χ1n) is 7.62. The normalized spacial score (nSPS) is 11.2. The van der Waals surface area contributed by atoms with Gasteiger partial charge in [-0.3, -0.25) is 4.79 Å². The van der Waals surface area contributed by atoms with Crippen molar-refractivity contribution < 1.29 is 22.3 Å². The minimum absolute atomic E-state index is 0.0452. The Morgan fingerprint density at radius 1 is 1.16 bits per heavy atom. The molecule has 0 aliphatic carbocycles. The monoisotopic (exact) mass is 366 g/mol. The lowest BCUT2D eigenvalue weighted by molar-refractivity contribution is 0.102. The predicted octanol–water partition coefficient (Wildman–Crippen LogP) is 2.77. The molecule has 2 aromatic carbocycles. The number of methoxy groups -OCH3 is 1. The summed E-state index contributed by atoms with van der Waals surface area (Å²) in [4.78, 5) is 12.4. The van der Waals surface area contributed by atoms with E-state index < -0.39 is 21.7 Å². The summed E-state index contributed by atoms with van der Waals surface area (Å²) in [5.74, 6) is -0.882. The maximum Gasteiger partial charge on any atom is 0.259 e. The van der Waals surface area contributed by atoms with E-state index in [1.54, 1.807) is 0 Å². The van der Waals surface area contributed by atoms with E-state index in [1.807, 2.05) is 6.92 Å². The van der Waals surface area contributed by atoms with E-state index in [-0.39, 0.29) is 16.2 Å². The predicted molar refractivity (Wildman–Crippen MR) is 92.8 cm³/mol. The number of nitrogens with one attached hydrogen (secondary N) is 2. The highest BCUT2D eigenvalue weighted by Crippen LogP contribution is 2.21. The summed E-state index contributed by atoms with van der Waals surface area (Å²) >= 11 is 0. The number of carbonyl (C=O) groups is 1. The molecule has 0 atom stereocenters. The topological polar surface area (TPSA) is 84.5 Å². The molecule has 2 rings (SSSR count). The average molecular weight is 366 g/mol. The van der Waals surface area contributed by atoms with Gasteiger partial charge >= 0.3 is 0 Å². The number of hydrogen-bond acceptors (Lipinski definition) is 4. The Morgan fingerprint density at radius 3 is 2.44 bits per heavy atom. The molecule has 0 aliphatic heterocycles. The van der Waals surface area contributed by atoms with Gasteiger partial charge in [0.1, 0.15) is 11.6 Å². The number of halogens is 1. The van der Waals surface area contributed by atoms with Crippen LogP contribution in [0.2, 0.25) is 0 Å². The summed E-state index contributed by atoms with van der Waals surface area (Å²) in [6, 6.07) is 9.32. The second kappa shape index (κ2) is 8.09. The fourth-order valence-corrected chi connectivity index (χ4v) is 3.23. The summed E-state index contributed by atoms with van der Waals surface area (Å²) < 4.78 is 44.9. The van der Waals surface area contributed by atoms with E-state index in [4.69, 9.17) is 4.74 Å². The van der Waals surface area contributed by atoms with Gasteiger partial charge < -0.3 is 10.1 Å². The molecule has 134 valence electrons. The van der Waals surface area contributed by atoms with Crippen LogP contribution in [-0.2, 0) is 10.0 Å². The molecule has 0 fully saturated rings. The Kier molecular flexibility index (Phi) is 6.11. The Bertz CT molecular complexity index is 851. The van der Waals surface area contributed by atoms with Crippen LogP contribution < -0.4 is 14.8 Å². The van der Waals surface area contributed by atoms with Crippen LogP contribution in [0.5, 0.6) is 5.75 Å². The van der Waals surface area contributed by atoms with Gasteiger partial charge in [0.05, 0.1) is 17.6 Å². The van der Waals surface area contributed by atoms with Crippen molar-refractivity contribution >= 4 is 21.6 Å². The molecule has 2 N–H and O–H groups in total. The molecular weight excluding hydrogens is 347 g/mol. The van der Waals surface area contributed by atoms with Crippen molar-refractivity contribution in [2.24, 2.45) is 0 Å². The van der Waals surface area contributed by atoms with Crippen LogP contribution in [-0.4, -0.2) is 28.0 Å². The van der Waals surface area contributed by atoms with Crippen LogP contribution >= 0.6 is 0 Å². The van der Waals surface area contributed by atoms with Gasteiger partial charge in [-0.05, 0) is 48.9 Å². The number of anilines is 1. The molecule has 0 aromatic heterocycles. The lowest BCUT2D eigenvalue weighted by Gasteiger charge is -2.10. The van der Waals surface area contributed by atoms with E-state index in [2.05, 4.69) is 10.0 Å². The van der Waals surface area contributed by atoms with Crippen molar-refractivity contribution in [1.82, 2.24) is 4.72 Å². The first-order chi connectivity index (χ1) is 11.9. The molecule has 0 aliphatic rings. The van der Waals surface area contributed by atoms with Gasteiger partial charge in [0.15, 0.2) is 0 Å². The van der Waals surface area contributed by atoms with Gasteiger partial charge in [-0.15, -0.1) is 0 Å². The first kappa shape index (κ1) is 18.9. The maximum absolute atomic E-state index is 13.4. The Balaban J connectivity index is 2.16. The van der Waals surface area contributed by atoms with E-state index in [1.165, 1.54) is 43.5 Å². The molecule has 8 heteroatoms. The highest BCUT2D eigenvalue weighted by Gasteiger charge is 2.15. The highest BCUT2D eigenvalue weighted by molar-refractivity contribution is 7.89. The molecule has 1 amide bonds. The molecular formula is C17H19FN2O4S. The van der Waals surface area contributed by atoms with Crippen LogP contribution in [0.4, 0.5) is 10.1 Å². The van der Waals surface area contributed by atoms with Gasteiger partial charge in [0, 0.05) is 12.2 Å². The molecule has 0 saturated heterocycles. The van der Waals surface area contributed by atoms with Gasteiger partial charge in [-0.25, -0.2) is 17.5 Å². The maximum atomic E-state index is 13.4. The third kappa shape index (κ3) is 4.77. The smallest absolute Gasteiger partial charge is 0.259 e. The molecule has 0 radical (unpaired) electrons. The zero-order chi connectivity index (χ0) is 18.4. The third-order valence-corrected chi connectivity index (χ3v) is 4.85. The van der Waals surface area contributed by atoms with Gasteiger partial charge in [-0.2, -0.15) is 0 Å². The lowest BCUT2D eigenvalue weighted by atomic mass is 10.1. The fraction of sp³-hybridized carbons (Fsp3) is 0.235. The van der Waals surface area contributed by atoms with Crippen molar-refractivity contribution in [3.8, 4) is 5.75 Å². The molecule has 0 spiro atoms. The molecule has 6 nitrogen and oxygen atoms in total. The molecule has 0 bridgehead atoms. The highest BCUT2D eigenvalue weighted by atomic mass is 32.2. The van der Waals surface area contributed by atoms with Crippen LogP contribution in [0.1, 0.15) is 23.7 Å². The van der Waals surface area contributed by atoms with Gasteiger partial charge in [0.25, 0.3) is 5.91 Å². The van der Waals surface area contributed by atoms with Crippen molar-refractivity contribution in [3.63, 3.8) is 0 Å². The zero-order valence-corrected chi connectivity index (χ0v) is 14.7. The fourth-order valence-electron chi connectivity index (χ4n) is 2.09. The summed E-state index contributed by atoms with van der Waals surface area (Å²) in [5.41, 5.74) is 0.426. The van der Waals surface area contributed by atoms with Crippen molar-refractivity contribution in [2.75, 3.05) is 19.0 Å². The average Bonchev–Trinajstić information content (AvgIpc) is 2.60. The number of carbonyl (C=O) groups excluding carboxylic acids is 1. The number of sulfonamides is 1. The van der Waals surface area contributed by atoms with Crippen LogP contribution in [0.3, 0.4) is 0 Å². The molecule has 2 aromatic rings. The number of ether oxygens (including phenoxy) is 1. The molecule has 0 saturated carbocycles. The number of rotatable bonds is 7. The number of benzene rings is 2. The van der Waals surface area contributed by atoms with Gasteiger partial charge in [0.2, 0.25) is 10.0 Å². The summed E-state index contributed by atoms with van der Waals surface area (Å²) in [6.45, 7) is 2.21. The minimum Gasteiger partial charge on any atom is -0.496 e. The summed E-state index contributed by atoms with van der Waals surface area (Å²) in [7, 11) is -2.19. The molecule has 0 heterocycles. The van der Waals surface area contributed by atoms with E-state index in [9.17, 15) is 17.6 Å². The Morgan fingerprint density at radius 2 is 1.84 bits per heavy atom. The van der Waals surface area contributed by atoms with E-state index in [0.29, 0.717) is 18.7 Å². The van der Waals surface area contributed by atoms with Crippen LogP contribution in [0, 0.1) is 5.82 Å². The third-order valence-electron chi connectivity index (χ3n) is 3.37. The minimum atomic E-state index is -3.57. The van der Waals surface area contributed by atoms with E-state index in [0.717, 1.165) is 6.07 Å². The van der Waals surface area contributed by atoms with Crippen molar-refractivity contribution in [1.29, 1.82) is 0 Å². The first-order valence-corrected chi connectivity index (χ1v) is 9.10. The molecule has 0 unspecified atom stereocenters. The lowest BCUT2D eigenvalue weighted by Crippen LogP contribution is -2.24. The Hall–Kier alpha value is -2.45. The standard InChI is InChI=1S/C17H19FN2O4S/c1-3-10-19-25(22,23)14-7-5-13(6-8-14)20-17(21)15-11-12(18)4-9-16(15)24-2/h4-9,11,19H,3,10H2,1-2H3,(H,20,21). The van der Waals surface area contributed by atoms with Crippen molar-refractivity contribution in [3.05, 3.63) is 53.8 Å². The van der Waals surface area contributed by atoms with Crippen molar-refractivity contribution in [2.45, 2.75) is 18.2 Å². The van der Waals surface area contributed by atoms with Crippen LogP contribution in [0.25, 0.3) is 0 Å². The summed E-state index contributed by atoms with van der Waals surface area (Å²) in [6.07, 6.45) is 0.683. The number of amides is 1. The molecule has 25 heavy (non-hydrogen) atoms. The second-order valence-electron chi connectivity index (χ2n) is 5.22. The Labute approximate surface area is 146 Å². The van der Waals surface area contributed by atoms with Gasteiger partial charge in [-0.1, -0.05) is 6.92 Å². The van der Waals surface area contributed by atoms with Crippen LogP contribution in [0.15, 0.2) is 47.4 Å².